The van der Waals surface area contributed by atoms with Crippen molar-refractivity contribution in [1.29, 1.82) is 0 Å². The van der Waals surface area contributed by atoms with Crippen LogP contribution in [0.15, 0.2) is 23.1 Å². The summed E-state index contributed by atoms with van der Waals surface area (Å²) in [7, 11) is 1.58. The van der Waals surface area contributed by atoms with Crippen LogP contribution in [0.5, 0.6) is 0 Å². The van der Waals surface area contributed by atoms with Gasteiger partial charge in [0.15, 0.2) is 0 Å². The molecule has 0 amide bonds. The smallest absolute Gasteiger partial charge is 0.341 e. The first-order valence-corrected chi connectivity index (χ1v) is 7.63. The van der Waals surface area contributed by atoms with E-state index in [9.17, 15) is 14.0 Å². The molecule has 2 aromatic rings. The summed E-state index contributed by atoms with van der Waals surface area (Å²) in [5.41, 5.74) is -0.231. The first-order valence-electron chi connectivity index (χ1n) is 7.63. The molecular weight excluding hydrogens is 299 g/mol. The summed E-state index contributed by atoms with van der Waals surface area (Å²) in [4.78, 5) is 23.4. The average Bonchev–Trinajstić information content (AvgIpc) is 2.51. The highest BCUT2D eigenvalue weighted by Gasteiger charge is 2.17. The van der Waals surface area contributed by atoms with E-state index in [1.54, 1.807) is 11.6 Å². The maximum atomic E-state index is 13.9. The molecule has 2 N–H and O–H groups in total. The van der Waals surface area contributed by atoms with Crippen molar-refractivity contribution in [3.8, 4) is 0 Å². The lowest BCUT2D eigenvalue weighted by atomic mass is 10.1. The molecule has 0 fully saturated rings. The third-order valence-electron chi connectivity index (χ3n) is 3.23. The van der Waals surface area contributed by atoms with Crippen LogP contribution >= 0.6 is 0 Å². The minimum Gasteiger partial charge on any atom is -0.477 e. The zero-order valence-corrected chi connectivity index (χ0v) is 14.1. The number of benzene rings is 1. The molecule has 1 aromatic heterocycles. The number of hydrogen-bond acceptors (Lipinski definition) is 3. The summed E-state index contributed by atoms with van der Waals surface area (Å²) >= 11 is 0. The van der Waals surface area contributed by atoms with Crippen LogP contribution in [-0.4, -0.2) is 22.7 Å². The third kappa shape index (κ3) is 3.88. The van der Waals surface area contributed by atoms with Gasteiger partial charge in [0.25, 0.3) is 0 Å². The van der Waals surface area contributed by atoms with Gasteiger partial charge in [-0.25, -0.2) is 9.18 Å². The standard InChI is InChI=1S/C15H17FN2O3.C2H6/c1-8(2)6-18-7-10(15(20)21)14(19)9-4-11(16)12(17-3)5-13(9)18;1-2/h4-5,7-8,17H,6H2,1-3H3,(H,20,21);1-2H3. The second-order valence-electron chi connectivity index (χ2n) is 5.32. The van der Waals surface area contributed by atoms with Gasteiger partial charge in [0.05, 0.1) is 11.2 Å². The number of carbonyl (C=O) groups is 1. The van der Waals surface area contributed by atoms with Gasteiger partial charge in [-0.15, -0.1) is 0 Å². The molecule has 5 nitrogen and oxygen atoms in total. The molecule has 0 aliphatic carbocycles. The number of halogens is 1. The number of carboxylic acids is 1. The average molecular weight is 322 g/mol. The minimum atomic E-state index is -1.31. The first-order chi connectivity index (χ1) is 10.8. The van der Waals surface area contributed by atoms with Gasteiger partial charge in [0.2, 0.25) is 5.43 Å². The summed E-state index contributed by atoms with van der Waals surface area (Å²) in [5, 5.41) is 11.9. The van der Waals surface area contributed by atoms with Crippen molar-refractivity contribution in [2.45, 2.75) is 34.2 Å². The predicted octanol–water partition coefficient (Wildman–Crippen LogP) is 3.56. The molecule has 0 atom stereocenters. The number of nitrogens with one attached hydrogen (secondary N) is 1. The Balaban J connectivity index is 0.00000127. The third-order valence-corrected chi connectivity index (χ3v) is 3.23. The number of fused-ring (bicyclic) bond motifs is 1. The highest BCUT2D eigenvalue weighted by Crippen LogP contribution is 2.22. The lowest BCUT2D eigenvalue weighted by Gasteiger charge is -2.15. The fraction of sp³-hybridized carbons (Fsp3) is 0.412. The van der Waals surface area contributed by atoms with Crippen LogP contribution in [0.2, 0.25) is 0 Å². The van der Waals surface area contributed by atoms with Crippen LogP contribution < -0.4 is 10.7 Å². The summed E-state index contributed by atoms with van der Waals surface area (Å²) in [6.07, 6.45) is 1.32. The monoisotopic (exact) mass is 322 g/mol. The van der Waals surface area contributed by atoms with Crippen LogP contribution in [0.3, 0.4) is 0 Å². The Morgan fingerprint density at radius 2 is 1.96 bits per heavy atom. The van der Waals surface area contributed by atoms with Gasteiger partial charge in [0.1, 0.15) is 11.4 Å². The van der Waals surface area contributed by atoms with Crippen LogP contribution in [0.1, 0.15) is 38.1 Å². The van der Waals surface area contributed by atoms with Crippen molar-refractivity contribution in [2.75, 3.05) is 12.4 Å². The number of hydrogen-bond donors (Lipinski definition) is 2. The molecule has 1 aromatic carbocycles. The Bertz CT molecular complexity index is 767. The largest absolute Gasteiger partial charge is 0.477 e. The van der Waals surface area contributed by atoms with Gasteiger partial charge in [0, 0.05) is 25.2 Å². The van der Waals surface area contributed by atoms with E-state index in [2.05, 4.69) is 5.32 Å². The maximum absolute atomic E-state index is 13.9. The normalized spacial score (nSPS) is 10.4. The molecule has 0 aliphatic heterocycles. The molecule has 0 saturated heterocycles. The maximum Gasteiger partial charge on any atom is 0.341 e. The fourth-order valence-corrected chi connectivity index (χ4v) is 2.30. The zero-order valence-electron chi connectivity index (χ0n) is 14.1. The number of pyridine rings is 1. The molecule has 2 rings (SSSR count). The lowest BCUT2D eigenvalue weighted by Crippen LogP contribution is -2.20. The summed E-state index contributed by atoms with van der Waals surface area (Å²) in [6, 6.07) is 2.62. The van der Waals surface area contributed by atoms with Crippen molar-refractivity contribution in [3.05, 3.63) is 39.9 Å². The summed E-state index contributed by atoms with van der Waals surface area (Å²) in [5.74, 6) is -1.64. The predicted molar refractivity (Wildman–Crippen MR) is 90.9 cm³/mol. The first kappa shape index (κ1) is 18.7. The zero-order chi connectivity index (χ0) is 17.7. The molecule has 0 saturated carbocycles. The van der Waals surface area contributed by atoms with Gasteiger partial charge in [-0.05, 0) is 18.1 Å². The van der Waals surface area contributed by atoms with Crippen LogP contribution in [0.25, 0.3) is 10.9 Å². The lowest BCUT2D eigenvalue weighted by molar-refractivity contribution is 0.0694. The van der Waals surface area contributed by atoms with E-state index in [0.717, 1.165) is 6.07 Å². The van der Waals surface area contributed by atoms with E-state index in [1.165, 1.54) is 12.3 Å². The van der Waals surface area contributed by atoms with Crippen LogP contribution in [-0.2, 0) is 6.54 Å². The fourth-order valence-electron chi connectivity index (χ4n) is 2.30. The van der Waals surface area contributed by atoms with Crippen molar-refractivity contribution in [3.63, 3.8) is 0 Å². The molecule has 23 heavy (non-hydrogen) atoms. The Hall–Kier alpha value is -2.37. The van der Waals surface area contributed by atoms with Crippen molar-refractivity contribution >= 4 is 22.6 Å². The molecule has 0 aliphatic rings. The summed E-state index contributed by atoms with van der Waals surface area (Å²) < 4.78 is 15.6. The van der Waals surface area contributed by atoms with Gasteiger partial charge in [-0.2, -0.15) is 0 Å². The SMILES string of the molecule is CC.CNc1cc2c(cc1F)c(=O)c(C(=O)O)cn2CC(C)C. The Labute approximate surface area is 134 Å². The van der Waals surface area contributed by atoms with Gasteiger partial charge in [-0.1, -0.05) is 27.7 Å². The quantitative estimate of drug-likeness (QED) is 0.903. The van der Waals surface area contributed by atoms with Crippen LogP contribution in [0, 0.1) is 11.7 Å². The second-order valence-corrected chi connectivity index (χ2v) is 5.32. The number of carboxylic acid groups (broad SMARTS) is 1. The van der Waals surface area contributed by atoms with Crippen molar-refractivity contribution in [1.82, 2.24) is 4.57 Å². The molecule has 0 unspecified atom stereocenters. The van der Waals surface area contributed by atoms with Gasteiger partial charge < -0.3 is 15.0 Å². The number of nitrogens with zero attached hydrogens (tertiary/aromatic N) is 1. The topological polar surface area (TPSA) is 71.3 Å². The van der Waals surface area contributed by atoms with E-state index in [4.69, 9.17) is 5.11 Å². The number of aromatic carboxylic acids is 1. The molecule has 0 bridgehead atoms. The van der Waals surface area contributed by atoms with Gasteiger partial charge in [-0.3, -0.25) is 4.79 Å². The van der Waals surface area contributed by atoms with E-state index < -0.39 is 17.2 Å². The van der Waals surface area contributed by atoms with E-state index in [1.807, 2.05) is 27.7 Å². The Kier molecular flexibility index (Phi) is 6.30. The number of anilines is 1. The Morgan fingerprint density at radius 3 is 2.43 bits per heavy atom. The molecule has 6 heteroatoms. The molecular formula is C17H23FN2O3. The Morgan fingerprint density at radius 1 is 1.35 bits per heavy atom. The van der Waals surface area contributed by atoms with E-state index >= 15 is 0 Å². The number of aromatic nitrogens is 1. The van der Waals surface area contributed by atoms with E-state index in [-0.39, 0.29) is 22.6 Å². The van der Waals surface area contributed by atoms with Crippen molar-refractivity contribution in [2.24, 2.45) is 5.92 Å². The van der Waals surface area contributed by atoms with Gasteiger partial charge >= 0.3 is 5.97 Å². The van der Waals surface area contributed by atoms with E-state index in [0.29, 0.717) is 12.1 Å². The highest BCUT2D eigenvalue weighted by molar-refractivity contribution is 5.93. The summed E-state index contributed by atoms with van der Waals surface area (Å²) in [6.45, 7) is 8.49. The van der Waals surface area contributed by atoms with Crippen molar-refractivity contribution < 1.29 is 14.3 Å². The molecule has 1 heterocycles. The van der Waals surface area contributed by atoms with Crippen LogP contribution in [0.4, 0.5) is 10.1 Å². The minimum absolute atomic E-state index is 0.0760. The number of rotatable bonds is 4. The molecule has 126 valence electrons. The molecule has 0 radical (unpaired) electrons. The highest BCUT2D eigenvalue weighted by atomic mass is 19.1. The second kappa shape index (κ2) is 7.76. The molecule has 0 spiro atoms.